The van der Waals surface area contributed by atoms with Crippen molar-refractivity contribution < 1.29 is 65.4 Å². The van der Waals surface area contributed by atoms with Crippen LogP contribution in [-0.2, 0) is 45.4 Å². The molecule has 3 unspecified atom stereocenters. The second kappa shape index (κ2) is 32.3. The predicted molar refractivity (Wildman–Crippen MR) is 261 cm³/mol. The highest BCUT2D eigenvalue weighted by Crippen LogP contribution is 2.49. The van der Waals surface area contributed by atoms with E-state index in [-0.39, 0.29) is 57.3 Å². The smallest absolute Gasteiger partial charge is 0.408 e. The molecule has 0 aliphatic carbocycles. The summed E-state index contributed by atoms with van der Waals surface area (Å²) in [4.78, 5) is 33.0. The molecule has 0 fully saturated rings. The van der Waals surface area contributed by atoms with E-state index in [0.29, 0.717) is 11.5 Å². The first kappa shape index (κ1) is 59.5. The molecule has 2 amide bonds. The summed E-state index contributed by atoms with van der Waals surface area (Å²) in [6.07, 6.45) is -3.08. The number of ether oxygens (including phenoxy) is 2. The number of aliphatic hydroxyl groups is 1. The van der Waals surface area contributed by atoms with Crippen molar-refractivity contribution in [2.24, 2.45) is 5.73 Å². The molecule has 5 aromatic carbocycles. The normalized spacial score (nSPS) is 13.0. The SMILES string of the molecule is C.CC(C)O.CC(C)OP(=O)(CN)Oc1ccccc1.CC(C)OP(=O)(CNC(=O)OCc1ccccc1)Oc1ccccc1.O=C(NCP(=O)(O)Oc1ccccc1)OCc1ccccc1. The van der Waals surface area contributed by atoms with E-state index in [1.165, 1.54) is 0 Å². The molecule has 5 rings (SSSR count). The van der Waals surface area contributed by atoms with Crippen LogP contribution < -0.4 is 29.9 Å². The number of aliphatic hydroxyl groups excluding tert-OH is 1. The number of nitrogens with one attached hydrogen (secondary N) is 2. The standard InChI is InChI=1S/C18H22NO5P.C15H16NO5P.C10H16NO3P.C3H8O.CH4/c1-15(2)23-25(21,24-17-11-7-4-8-12-17)14-19-18(20)22-13-16-9-5-3-6-10-16;17-15(20-11-13-7-3-1-4-8-13)16-12-22(18,19)21-14-9-5-2-6-10-14;1-9(2)13-15(12,8-11)14-10-6-4-3-5-7-10;1-3(2)4;/h3-12,15H,13-14H2,1-2H3,(H,19,20);1-10H,11-12H2,(H,16,17)(H,18,19);3-7,9H,8,11H2,1-2H3;3-4H,1-2H3;1H4. The average molecular weight is 990 g/mol. The Bertz CT molecular complexity index is 2230. The van der Waals surface area contributed by atoms with Crippen molar-refractivity contribution in [2.45, 2.75) is 80.5 Å². The summed E-state index contributed by atoms with van der Waals surface area (Å²) in [5.74, 6) is 1.17. The molecule has 0 radical (unpaired) electrons. The van der Waals surface area contributed by atoms with Crippen molar-refractivity contribution in [2.75, 3.05) is 18.9 Å². The lowest BCUT2D eigenvalue weighted by Crippen LogP contribution is -2.27. The van der Waals surface area contributed by atoms with Crippen LogP contribution in [0.1, 0.15) is 60.1 Å². The fraction of sp³-hybridized carbons (Fsp3) is 0.319. The van der Waals surface area contributed by atoms with E-state index < -0.39 is 41.3 Å². The number of alkyl carbamates (subject to hydrolysis) is 2. The minimum Gasteiger partial charge on any atom is -0.445 e. The van der Waals surface area contributed by atoms with E-state index in [2.05, 4.69) is 10.6 Å². The number of hydrogen-bond acceptors (Lipinski definition) is 14. The van der Waals surface area contributed by atoms with Crippen LogP contribution in [0.3, 0.4) is 0 Å². The van der Waals surface area contributed by atoms with Crippen molar-refractivity contribution in [3.05, 3.63) is 163 Å². The minimum absolute atomic E-state index is 0. The number of hydrogen-bond donors (Lipinski definition) is 5. The molecule has 368 valence electrons. The Kier molecular flexibility index (Phi) is 28.7. The first-order chi connectivity index (χ1) is 31.3. The number of rotatable bonds is 19. The van der Waals surface area contributed by atoms with Crippen molar-refractivity contribution in [3.63, 3.8) is 0 Å². The molecule has 0 aliphatic heterocycles. The van der Waals surface area contributed by atoms with Crippen LogP contribution in [0.5, 0.6) is 17.2 Å². The summed E-state index contributed by atoms with van der Waals surface area (Å²) in [5, 5.41) is 12.7. The molecule has 3 atom stereocenters. The van der Waals surface area contributed by atoms with Gasteiger partial charge in [0.25, 0.3) is 0 Å². The van der Waals surface area contributed by atoms with Gasteiger partial charge in [0, 0.05) is 6.10 Å². The van der Waals surface area contributed by atoms with Crippen LogP contribution in [0.25, 0.3) is 0 Å². The molecule has 0 bridgehead atoms. The Balaban J connectivity index is 0.000000491. The Morgan fingerprint density at radius 2 is 0.821 bits per heavy atom. The van der Waals surface area contributed by atoms with Gasteiger partial charge >= 0.3 is 35.0 Å². The number of benzene rings is 5. The predicted octanol–water partition coefficient (Wildman–Crippen LogP) is 11.3. The van der Waals surface area contributed by atoms with Crippen LogP contribution in [0.2, 0.25) is 0 Å². The molecular formula is C47H66N3O14P3. The summed E-state index contributed by atoms with van der Waals surface area (Å²) in [6, 6.07) is 44.2. The molecule has 5 aromatic rings. The van der Waals surface area contributed by atoms with Crippen LogP contribution in [-0.4, -0.2) is 59.4 Å². The lowest BCUT2D eigenvalue weighted by molar-refractivity contribution is 0.139. The molecule has 17 nitrogen and oxygen atoms in total. The van der Waals surface area contributed by atoms with Gasteiger partial charge in [-0.05, 0) is 89.1 Å². The molecule has 0 saturated heterocycles. The summed E-state index contributed by atoms with van der Waals surface area (Å²) < 4.78 is 73.0. The van der Waals surface area contributed by atoms with E-state index in [4.69, 9.17) is 42.9 Å². The van der Waals surface area contributed by atoms with Gasteiger partial charge in [0.2, 0.25) is 0 Å². The maximum absolute atomic E-state index is 12.9. The van der Waals surface area contributed by atoms with E-state index in [0.717, 1.165) is 11.1 Å². The van der Waals surface area contributed by atoms with Crippen LogP contribution in [0, 0.1) is 0 Å². The highest BCUT2D eigenvalue weighted by molar-refractivity contribution is 7.54. The minimum atomic E-state index is -3.98. The van der Waals surface area contributed by atoms with E-state index >= 15 is 0 Å². The average Bonchev–Trinajstić information content (AvgIpc) is 3.27. The fourth-order valence-electron chi connectivity index (χ4n) is 4.67. The van der Waals surface area contributed by atoms with E-state index in [9.17, 15) is 28.2 Å². The third kappa shape index (κ3) is 29.0. The lowest BCUT2D eigenvalue weighted by Gasteiger charge is -2.21. The van der Waals surface area contributed by atoms with Crippen molar-refractivity contribution in [1.82, 2.24) is 10.6 Å². The fourth-order valence-corrected chi connectivity index (χ4v) is 8.40. The molecule has 0 aromatic heterocycles. The lowest BCUT2D eigenvalue weighted by atomic mass is 10.2. The van der Waals surface area contributed by atoms with Gasteiger partial charge in [0.1, 0.15) is 49.3 Å². The molecule has 0 aliphatic rings. The van der Waals surface area contributed by atoms with Gasteiger partial charge in [-0.2, -0.15) is 0 Å². The highest BCUT2D eigenvalue weighted by Gasteiger charge is 2.29. The van der Waals surface area contributed by atoms with Gasteiger partial charge in [-0.15, -0.1) is 0 Å². The zero-order valence-corrected chi connectivity index (χ0v) is 40.6. The molecule has 0 heterocycles. The number of carbonyl (C=O) groups excluding carboxylic acids is 2. The molecule has 6 N–H and O–H groups in total. The van der Waals surface area contributed by atoms with Crippen molar-refractivity contribution in [3.8, 4) is 17.2 Å². The summed E-state index contributed by atoms with van der Waals surface area (Å²) >= 11 is 0. The second-order valence-corrected chi connectivity index (χ2v) is 20.1. The van der Waals surface area contributed by atoms with Crippen LogP contribution in [0.4, 0.5) is 9.59 Å². The molecule has 20 heteroatoms. The van der Waals surface area contributed by atoms with Gasteiger partial charge < -0.3 is 49.4 Å². The van der Waals surface area contributed by atoms with Gasteiger partial charge in [0.05, 0.1) is 12.2 Å². The third-order valence-corrected chi connectivity index (χ3v) is 11.7. The molecular weight excluding hydrogens is 923 g/mol. The Labute approximate surface area is 394 Å². The van der Waals surface area contributed by atoms with Gasteiger partial charge in [-0.1, -0.05) is 123 Å². The Morgan fingerprint density at radius 1 is 0.522 bits per heavy atom. The number of amides is 2. The van der Waals surface area contributed by atoms with Gasteiger partial charge in [0.15, 0.2) is 0 Å². The van der Waals surface area contributed by atoms with Crippen LogP contribution >= 0.6 is 22.8 Å². The van der Waals surface area contributed by atoms with Crippen LogP contribution in [0.15, 0.2) is 152 Å². The molecule has 0 saturated carbocycles. The number of para-hydroxylation sites is 3. The van der Waals surface area contributed by atoms with E-state index in [1.807, 2.05) is 72.8 Å². The summed E-state index contributed by atoms with van der Waals surface area (Å²) in [6.45, 7) is 10.7. The maximum Gasteiger partial charge on any atom is 0.408 e. The van der Waals surface area contributed by atoms with Gasteiger partial charge in [-0.3, -0.25) is 9.05 Å². The Hall–Kier alpha value is -5.47. The summed E-state index contributed by atoms with van der Waals surface area (Å²) in [7, 11) is -10.7. The zero-order chi connectivity index (χ0) is 48.9. The zero-order valence-electron chi connectivity index (χ0n) is 37.9. The summed E-state index contributed by atoms with van der Waals surface area (Å²) in [5.41, 5.74) is 7.08. The number of carbonyl (C=O) groups is 2. The Morgan fingerprint density at radius 3 is 1.16 bits per heavy atom. The third-order valence-electron chi connectivity index (χ3n) is 7.20. The van der Waals surface area contributed by atoms with Crippen molar-refractivity contribution in [1.29, 1.82) is 0 Å². The highest BCUT2D eigenvalue weighted by atomic mass is 31.2. The van der Waals surface area contributed by atoms with E-state index in [1.54, 1.807) is 120 Å². The molecule has 0 spiro atoms. The van der Waals surface area contributed by atoms with Gasteiger partial charge in [-0.25, -0.2) is 23.3 Å². The largest absolute Gasteiger partial charge is 0.445 e. The number of nitrogens with two attached hydrogens (primary N) is 1. The molecule has 67 heavy (non-hydrogen) atoms. The first-order valence-corrected chi connectivity index (χ1v) is 25.9. The monoisotopic (exact) mass is 989 g/mol. The quantitative estimate of drug-likeness (QED) is 0.0483. The topological polar surface area (TPSA) is 240 Å². The van der Waals surface area contributed by atoms with Crippen molar-refractivity contribution >= 4 is 35.0 Å². The second-order valence-electron chi connectivity index (χ2n) is 14.5. The maximum atomic E-state index is 12.9. The first-order valence-electron chi connectivity index (χ1n) is 20.7.